The van der Waals surface area contributed by atoms with Crippen LogP contribution in [0.25, 0.3) is 0 Å². The van der Waals surface area contributed by atoms with E-state index in [2.05, 4.69) is 5.32 Å². The summed E-state index contributed by atoms with van der Waals surface area (Å²) in [7, 11) is 1.49. The number of nitrogens with one attached hydrogen (secondary N) is 1. The van der Waals surface area contributed by atoms with Crippen molar-refractivity contribution in [3.05, 3.63) is 28.8 Å². The quantitative estimate of drug-likeness (QED) is 0.644. The highest BCUT2D eigenvalue weighted by molar-refractivity contribution is 6.32. The number of urea groups is 1. The molecule has 0 bridgehead atoms. The molecule has 0 spiro atoms. The molecule has 0 aromatic heterocycles. The molecule has 2 saturated heterocycles. The Morgan fingerprint density at radius 1 is 1.28 bits per heavy atom. The normalized spacial score (nSPS) is 22.4. The molecule has 3 rings (SSSR count). The van der Waals surface area contributed by atoms with Crippen LogP contribution < -0.4 is 10.1 Å². The Morgan fingerprint density at radius 2 is 1.92 bits per heavy atom. The van der Waals surface area contributed by atoms with Crippen LogP contribution in [0.3, 0.4) is 0 Å². The van der Waals surface area contributed by atoms with Crippen molar-refractivity contribution in [2.75, 3.05) is 33.3 Å². The molecule has 2 fully saturated rings. The second-order valence-corrected chi connectivity index (χ2v) is 6.73. The number of fused-ring (bicyclic) bond motifs is 1. The van der Waals surface area contributed by atoms with Gasteiger partial charge in [0.2, 0.25) is 11.8 Å². The fourth-order valence-electron chi connectivity index (χ4n) is 3.30. The van der Waals surface area contributed by atoms with E-state index in [0.29, 0.717) is 17.3 Å². The second-order valence-electron chi connectivity index (χ2n) is 6.32. The van der Waals surface area contributed by atoms with Crippen molar-refractivity contribution in [3.63, 3.8) is 0 Å². The Labute approximate surface area is 150 Å². The van der Waals surface area contributed by atoms with Crippen LogP contribution in [0.5, 0.6) is 5.75 Å². The van der Waals surface area contributed by atoms with E-state index in [9.17, 15) is 14.4 Å². The number of benzene rings is 1. The topological polar surface area (TPSA) is 79.0 Å². The van der Waals surface area contributed by atoms with Crippen LogP contribution in [0.2, 0.25) is 5.02 Å². The second kappa shape index (κ2) is 6.92. The summed E-state index contributed by atoms with van der Waals surface area (Å²) >= 11 is 6.08. The maximum atomic E-state index is 12.2. The molecule has 8 heteroatoms. The molecule has 2 aliphatic rings. The first-order valence-electron chi connectivity index (χ1n) is 8.12. The number of para-hydroxylation sites is 1. The zero-order valence-electron chi connectivity index (χ0n) is 14.1. The highest BCUT2D eigenvalue weighted by Gasteiger charge is 2.51. The Balaban J connectivity index is 1.47. The van der Waals surface area contributed by atoms with Crippen LogP contribution >= 0.6 is 11.6 Å². The van der Waals surface area contributed by atoms with Crippen molar-refractivity contribution in [1.82, 2.24) is 15.1 Å². The third-order valence-electron chi connectivity index (χ3n) is 4.69. The summed E-state index contributed by atoms with van der Waals surface area (Å²) in [6.07, 6.45) is 0. The third kappa shape index (κ3) is 3.28. The van der Waals surface area contributed by atoms with Crippen molar-refractivity contribution in [2.24, 2.45) is 11.8 Å². The molecule has 7 nitrogen and oxygen atoms in total. The Hall–Kier alpha value is -2.28. The number of carbonyl (C=O) groups excluding carboxylic acids is 3. The van der Waals surface area contributed by atoms with Gasteiger partial charge < -0.3 is 15.0 Å². The number of halogens is 1. The van der Waals surface area contributed by atoms with Crippen LogP contribution in [0.1, 0.15) is 5.56 Å². The van der Waals surface area contributed by atoms with Gasteiger partial charge in [-0.15, -0.1) is 0 Å². The predicted molar refractivity (Wildman–Crippen MR) is 91.4 cm³/mol. The zero-order valence-corrected chi connectivity index (χ0v) is 14.9. The minimum Gasteiger partial charge on any atom is -0.490 e. The van der Waals surface area contributed by atoms with E-state index < -0.39 is 11.8 Å². The van der Waals surface area contributed by atoms with Gasteiger partial charge in [0.05, 0.1) is 23.4 Å². The van der Waals surface area contributed by atoms with Gasteiger partial charge in [-0.2, -0.15) is 0 Å². The highest BCUT2D eigenvalue weighted by Crippen LogP contribution is 2.32. The SMILES string of the molecule is Cc1cccc(Cl)c1OCCNC(=O)N1C[C@@H]2C(=O)N(C)C(=O)[C@@H]2C1. The van der Waals surface area contributed by atoms with Gasteiger partial charge in [-0.05, 0) is 18.6 Å². The number of rotatable bonds is 4. The molecule has 4 amide bonds. The summed E-state index contributed by atoms with van der Waals surface area (Å²) in [5, 5.41) is 3.27. The van der Waals surface area contributed by atoms with E-state index in [1.807, 2.05) is 19.1 Å². The monoisotopic (exact) mass is 365 g/mol. The predicted octanol–water partition coefficient (Wildman–Crippen LogP) is 1.28. The van der Waals surface area contributed by atoms with Gasteiger partial charge in [-0.1, -0.05) is 23.7 Å². The molecule has 134 valence electrons. The first-order chi connectivity index (χ1) is 11.9. The van der Waals surface area contributed by atoms with Crippen molar-refractivity contribution < 1.29 is 19.1 Å². The number of amides is 4. The lowest BCUT2D eigenvalue weighted by molar-refractivity contribution is -0.138. The van der Waals surface area contributed by atoms with Crippen LogP contribution in [0.4, 0.5) is 4.79 Å². The average molecular weight is 366 g/mol. The van der Waals surface area contributed by atoms with Crippen molar-refractivity contribution >= 4 is 29.4 Å². The van der Waals surface area contributed by atoms with Gasteiger partial charge in [0.15, 0.2) is 0 Å². The number of nitrogens with zero attached hydrogens (tertiary/aromatic N) is 2. The molecule has 2 atom stereocenters. The number of carbonyl (C=O) groups is 3. The summed E-state index contributed by atoms with van der Waals surface area (Å²) in [5.74, 6) is -0.630. The molecule has 2 aliphatic heterocycles. The third-order valence-corrected chi connectivity index (χ3v) is 4.99. The summed E-state index contributed by atoms with van der Waals surface area (Å²) in [6.45, 7) is 3.02. The van der Waals surface area contributed by atoms with E-state index in [0.717, 1.165) is 10.5 Å². The van der Waals surface area contributed by atoms with E-state index in [1.165, 1.54) is 11.9 Å². The number of imide groups is 1. The number of hydrogen-bond donors (Lipinski definition) is 1. The van der Waals surface area contributed by atoms with Gasteiger partial charge in [-0.3, -0.25) is 14.5 Å². The molecule has 1 N–H and O–H groups in total. The number of aryl methyl sites for hydroxylation is 1. The molecular weight excluding hydrogens is 346 g/mol. The van der Waals surface area contributed by atoms with Crippen molar-refractivity contribution in [1.29, 1.82) is 0 Å². The molecular formula is C17H20ClN3O4. The summed E-state index contributed by atoms with van der Waals surface area (Å²) in [6, 6.07) is 5.19. The van der Waals surface area contributed by atoms with Crippen LogP contribution in [-0.4, -0.2) is 60.9 Å². The fourth-order valence-corrected chi connectivity index (χ4v) is 3.57. The molecule has 0 unspecified atom stereocenters. The zero-order chi connectivity index (χ0) is 18.1. The van der Waals surface area contributed by atoms with Crippen LogP contribution in [0, 0.1) is 18.8 Å². The van der Waals surface area contributed by atoms with Gasteiger partial charge in [0.25, 0.3) is 0 Å². The summed E-state index contributed by atoms with van der Waals surface area (Å²) < 4.78 is 5.62. The lowest BCUT2D eigenvalue weighted by atomic mass is 10.00. The fraction of sp³-hybridized carbons (Fsp3) is 0.471. The standard InChI is InChI=1S/C17H20ClN3O4/c1-10-4-3-5-13(18)14(10)25-7-6-19-17(24)21-8-11-12(9-21)16(23)20(2)15(11)22/h3-5,11-12H,6-9H2,1-2H3,(H,19,24)/t11-,12+. The first kappa shape index (κ1) is 17.5. The molecule has 25 heavy (non-hydrogen) atoms. The van der Waals surface area contributed by atoms with E-state index in [4.69, 9.17) is 16.3 Å². The molecule has 1 aromatic rings. The largest absolute Gasteiger partial charge is 0.490 e. The lowest BCUT2D eigenvalue weighted by Crippen LogP contribution is -2.42. The molecule has 0 aliphatic carbocycles. The maximum absolute atomic E-state index is 12.2. The van der Waals surface area contributed by atoms with E-state index >= 15 is 0 Å². The summed E-state index contributed by atoms with van der Waals surface area (Å²) in [5.41, 5.74) is 0.923. The molecule has 1 aromatic carbocycles. The van der Waals surface area contributed by atoms with Crippen LogP contribution in [-0.2, 0) is 9.59 Å². The first-order valence-corrected chi connectivity index (χ1v) is 8.50. The summed E-state index contributed by atoms with van der Waals surface area (Å²) in [4.78, 5) is 38.8. The maximum Gasteiger partial charge on any atom is 0.317 e. The van der Waals surface area contributed by atoms with E-state index in [1.54, 1.807) is 6.07 Å². The molecule has 2 heterocycles. The Kier molecular flexibility index (Phi) is 4.85. The average Bonchev–Trinajstić information content (AvgIpc) is 3.10. The van der Waals surface area contributed by atoms with Gasteiger partial charge >= 0.3 is 6.03 Å². The van der Waals surface area contributed by atoms with Gasteiger partial charge in [-0.25, -0.2) is 4.79 Å². The van der Waals surface area contributed by atoms with E-state index in [-0.39, 0.29) is 37.5 Å². The van der Waals surface area contributed by atoms with Crippen LogP contribution in [0.15, 0.2) is 18.2 Å². The van der Waals surface area contributed by atoms with Gasteiger partial charge in [0.1, 0.15) is 12.4 Å². The van der Waals surface area contributed by atoms with Crippen molar-refractivity contribution in [3.8, 4) is 5.75 Å². The number of hydrogen-bond acceptors (Lipinski definition) is 4. The Morgan fingerprint density at radius 3 is 2.52 bits per heavy atom. The molecule has 0 radical (unpaired) electrons. The number of likely N-dealkylation sites (tertiary alicyclic amines) is 2. The minimum atomic E-state index is -0.412. The Bertz CT molecular complexity index is 680. The number of ether oxygens (including phenoxy) is 1. The highest BCUT2D eigenvalue weighted by atomic mass is 35.5. The van der Waals surface area contributed by atoms with Gasteiger partial charge in [0, 0.05) is 20.1 Å². The molecule has 0 saturated carbocycles. The van der Waals surface area contributed by atoms with Crippen molar-refractivity contribution in [2.45, 2.75) is 6.92 Å². The smallest absolute Gasteiger partial charge is 0.317 e. The minimum absolute atomic E-state index is 0.206. The lowest BCUT2D eigenvalue weighted by Gasteiger charge is -2.19.